The number of aromatic nitrogens is 3. The highest BCUT2D eigenvalue weighted by atomic mass is 32.2. The maximum absolute atomic E-state index is 13.7. The van der Waals surface area contributed by atoms with Crippen molar-refractivity contribution in [2.45, 2.75) is 74.6 Å². The van der Waals surface area contributed by atoms with E-state index in [0.29, 0.717) is 35.0 Å². The van der Waals surface area contributed by atoms with E-state index in [1.165, 1.54) is 0 Å². The molecular weight excluding hydrogens is 408 g/mol. The number of carbonyl (C=O) groups excluding carboxylic acids is 1. The Balaban J connectivity index is 1.64. The van der Waals surface area contributed by atoms with Crippen LogP contribution in [-0.2, 0) is 21.2 Å². The van der Waals surface area contributed by atoms with Crippen LogP contribution in [0.15, 0.2) is 23.1 Å². The van der Waals surface area contributed by atoms with Crippen molar-refractivity contribution in [2.75, 3.05) is 0 Å². The van der Waals surface area contributed by atoms with E-state index < -0.39 is 20.5 Å². The SMILES string of the molecule is Cc1ccc(C)c(S(=O)(=O)C2(C(=O)NCc3n[nH]c(=S)n3C3CC3)CCCC2)c1. The predicted molar refractivity (Wildman–Crippen MR) is 112 cm³/mol. The van der Waals surface area contributed by atoms with Crippen LogP contribution >= 0.6 is 12.2 Å². The number of carbonyl (C=O) groups is 1. The number of rotatable bonds is 6. The number of nitrogens with zero attached hydrogens (tertiary/aromatic N) is 2. The third kappa shape index (κ3) is 3.44. The smallest absolute Gasteiger partial charge is 0.242 e. The number of H-pyrrole nitrogens is 1. The second-order valence-electron chi connectivity index (χ2n) is 8.20. The number of aromatic amines is 1. The summed E-state index contributed by atoms with van der Waals surface area (Å²) in [5, 5.41) is 9.86. The summed E-state index contributed by atoms with van der Waals surface area (Å²) in [6.45, 7) is 3.80. The van der Waals surface area contributed by atoms with E-state index in [1.807, 2.05) is 17.6 Å². The van der Waals surface area contributed by atoms with Crippen molar-refractivity contribution in [3.8, 4) is 0 Å². The second kappa shape index (κ2) is 7.36. The van der Waals surface area contributed by atoms with Gasteiger partial charge in [0.1, 0.15) is 0 Å². The minimum Gasteiger partial charge on any atom is -0.347 e. The second-order valence-corrected chi connectivity index (χ2v) is 10.8. The minimum atomic E-state index is -3.83. The standard InChI is InChI=1S/C20H26N4O3S2/c1-13-5-6-14(2)16(11-13)29(26,27)20(9-3-4-10-20)18(25)21-12-17-22-23-19(28)24(17)15-7-8-15/h5-6,11,15H,3-4,7-10,12H2,1-2H3,(H,21,25)(H,23,28). The Morgan fingerprint density at radius 3 is 2.66 bits per heavy atom. The highest BCUT2D eigenvalue weighted by Crippen LogP contribution is 2.42. The Bertz CT molecular complexity index is 1110. The maximum Gasteiger partial charge on any atom is 0.242 e. The van der Waals surface area contributed by atoms with Crippen molar-refractivity contribution in [1.82, 2.24) is 20.1 Å². The van der Waals surface area contributed by atoms with Crippen LogP contribution in [0.5, 0.6) is 0 Å². The lowest BCUT2D eigenvalue weighted by molar-refractivity contribution is -0.123. The lowest BCUT2D eigenvalue weighted by Gasteiger charge is -2.28. The van der Waals surface area contributed by atoms with Gasteiger partial charge in [-0.15, -0.1) is 0 Å². The third-order valence-corrected chi connectivity index (χ3v) is 9.00. The van der Waals surface area contributed by atoms with E-state index in [1.54, 1.807) is 19.1 Å². The molecule has 1 heterocycles. The zero-order valence-electron chi connectivity index (χ0n) is 16.7. The van der Waals surface area contributed by atoms with E-state index in [-0.39, 0.29) is 11.4 Å². The molecule has 0 atom stereocenters. The summed E-state index contributed by atoms with van der Waals surface area (Å²) in [4.78, 5) is 13.6. The molecule has 2 aliphatic carbocycles. The van der Waals surface area contributed by atoms with Gasteiger partial charge in [-0.1, -0.05) is 25.0 Å². The van der Waals surface area contributed by atoms with Gasteiger partial charge in [0.05, 0.1) is 11.4 Å². The van der Waals surface area contributed by atoms with Gasteiger partial charge in [-0.25, -0.2) is 8.42 Å². The van der Waals surface area contributed by atoms with Crippen LogP contribution in [0.25, 0.3) is 0 Å². The summed E-state index contributed by atoms with van der Waals surface area (Å²) in [5.74, 6) is 0.204. The number of nitrogens with one attached hydrogen (secondary N) is 2. The largest absolute Gasteiger partial charge is 0.347 e. The quantitative estimate of drug-likeness (QED) is 0.680. The Labute approximate surface area is 175 Å². The highest BCUT2D eigenvalue weighted by Gasteiger charge is 2.53. The lowest BCUT2D eigenvalue weighted by atomic mass is 10.1. The fraction of sp³-hybridized carbons (Fsp3) is 0.550. The summed E-state index contributed by atoms with van der Waals surface area (Å²) in [6, 6.07) is 5.69. The van der Waals surface area contributed by atoms with Crippen molar-refractivity contribution in [3.05, 3.63) is 39.9 Å². The highest BCUT2D eigenvalue weighted by molar-refractivity contribution is 7.93. The van der Waals surface area contributed by atoms with E-state index in [2.05, 4.69) is 15.5 Å². The van der Waals surface area contributed by atoms with Gasteiger partial charge in [0.25, 0.3) is 0 Å². The van der Waals surface area contributed by atoms with Gasteiger partial charge >= 0.3 is 0 Å². The molecule has 2 aromatic rings. The molecule has 2 aliphatic rings. The van der Waals surface area contributed by atoms with Crippen molar-refractivity contribution < 1.29 is 13.2 Å². The first-order valence-corrected chi connectivity index (χ1v) is 11.9. The van der Waals surface area contributed by atoms with Gasteiger partial charge in [-0.05, 0) is 68.9 Å². The molecule has 4 rings (SSSR count). The molecule has 0 aliphatic heterocycles. The van der Waals surface area contributed by atoms with Crippen molar-refractivity contribution >= 4 is 28.0 Å². The summed E-state index contributed by atoms with van der Waals surface area (Å²) >= 11 is 5.28. The maximum atomic E-state index is 13.7. The van der Waals surface area contributed by atoms with Crippen LogP contribution in [0.3, 0.4) is 0 Å². The van der Waals surface area contributed by atoms with Crippen LogP contribution in [0, 0.1) is 18.6 Å². The van der Waals surface area contributed by atoms with Crippen LogP contribution < -0.4 is 5.32 Å². The minimum absolute atomic E-state index is 0.159. The van der Waals surface area contributed by atoms with E-state index in [4.69, 9.17) is 12.2 Å². The number of hydrogen-bond acceptors (Lipinski definition) is 5. The van der Waals surface area contributed by atoms with Crippen LogP contribution in [0.4, 0.5) is 0 Å². The molecule has 0 spiro atoms. The van der Waals surface area contributed by atoms with E-state index in [0.717, 1.165) is 31.2 Å². The molecule has 0 unspecified atom stereocenters. The number of amides is 1. The van der Waals surface area contributed by atoms with Crippen LogP contribution in [0.2, 0.25) is 0 Å². The molecule has 0 radical (unpaired) electrons. The van der Waals surface area contributed by atoms with Crippen LogP contribution in [-0.4, -0.2) is 33.8 Å². The first kappa shape index (κ1) is 20.3. The zero-order chi connectivity index (χ0) is 20.8. The molecule has 0 bridgehead atoms. The summed E-state index contributed by atoms with van der Waals surface area (Å²) in [6.07, 6.45) is 4.20. The molecule has 2 fully saturated rings. The number of hydrogen-bond donors (Lipinski definition) is 2. The Morgan fingerprint density at radius 2 is 2.00 bits per heavy atom. The molecule has 7 nitrogen and oxygen atoms in total. The molecule has 2 saturated carbocycles. The monoisotopic (exact) mass is 434 g/mol. The number of benzene rings is 1. The van der Waals surface area contributed by atoms with Gasteiger partial charge < -0.3 is 5.32 Å². The molecule has 9 heteroatoms. The van der Waals surface area contributed by atoms with Crippen molar-refractivity contribution in [3.63, 3.8) is 0 Å². The number of sulfone groups is 1. The Hall–Kier alpha value is -2.00. The zero-order valence-corrected chi connectivity index (χ0v) is 18.3. The number of aryl methyl sites for hydroxylation is 2. The van der Waals surface area contributed by atoms with E-state index >= 15 is 0 Å². The van der Waals surface area contributed by atoms with Gasteiger partial charge in [-0.3, -0.25) is 14.5 Å². The topological polar surface area (TPSA) is 96.8 Å². The van der Waals surface area contributed by atoms with Crippen molar-refractivity contribution in [2.24, 2.45) is 0 Å². The Kier molecular flexibility index (Phi) is 5.14. The summed E-state index contributed by atoms with van der Waals surface area (Å²) in [5.41, 5.74) is 1.53. The normalized spacial score (nSPS) is 18.7. The molecule has 29 heavy (non-hydrogen) atoms. The first-order chi connectivity index (χ1) is 13.8. The van der Waals surface area contributed by atoms with Gasteiger partial charge in [-0.2, -0.15) is 5.10 Å². The third-order valence-electron chi connectivity index (χ3n) is 6.07. The molecule has 1 amide bonds. The molecule has 0 saturated heterocycles. The van der Waals surface area contributed by atoms with Crippen molar-refractivity contribution in [1.29, 1.82) is 0 Å². The fourth-order valence-corrected chi connectivity index (χ4v) is 6.96. The average Bonchev–Trinajstić information content (AvgIpc) is 3.24. The molecule has 1 aromatic heterocycles. The molecular formula is C20H26N4O3S2. The van der Waals surface area contributed by atoms with Crippen LogP contribution in [0.1, 0.15) is 61.5 Å². The van der Waals surface area contributed by atoms with Gasteiger partial charge in [0.15, 0.2) is 25.2 Å². The molecule has 156 valence electrons. The molecule has 2 N–H and O–H groups in total. The lowest BCUT2D eigenvalue weighted by Crippen LogP contribution is -2.50. The summed E-state index contributed by atoms with van der Waals surface area (Å²) < 4.78 is 28.4. The van der Waals surface area contributed by atoms with Gasteiger partial charge in [0.2, 0.25) is 5.91 Å². The Morgan fingerprint density at radius 1 is 1.31 bits per heavy atom. The van der Waals surface area contributed by atoms with Gasteiger partial charge in [0, 0.05) is 6.04 Å². The summed E-state index contributed by atoms with van der Waals surface area (Å²) in [7, 11) is -3.83. The first-order valence-electron chi connectivity index (χ1n) is 10.0. The fourth-order valence-electron chi connectivity index (χ4n) is 4.26. The molecule has 1 aromatic carbocycles. The predicted octanol–water partition coefficient (Wildman–Crippen LogP) is 3.30. The average molecular weight is 435 g/mol. The van der Waals surface area contributed by atoms with E-state index in [9.17, 15) is 13.2 Å².